The van der Waals surface area contributed by atoms with E-state index in [2.05, 4.69) is 26.2 Å². The molecule has 0 bridgehead atoms. The van der Waals surface area contributed by atoms with Crippen molar-refractivity contribution >= 4 is 15.9 Å². The predicted molar refractivity (Wildman–Crippen MR) is 133 cm³/mol. The Morgan fingerprint density at radius 1 is 1.14 bits per heavy atom. The molecular formula is C27H27BrF2N2O4. The van der Waals surface area contributed by atoms with Gasteiger partial charge in [0, 0.05) is 35.4 Å². The predicted octanol–water partition coefficient (Wildman–Crippen LogP) is 4.21. The van der Waals surface area contributed by atoms with Gasteiger partial charge < -0.3 is 25.0 Å². The van der Waals surface area contributed by atoms with E-state index in [0.29, 0.717) is 22.6 Å². The number of hydrogen-bond donors (Lipinski definition) is 3. The van der Waals surface area contributed by atoms with Crippen molar-refractivity contribution in [3.05, 3.63) is 88.2 Å². The summed E-state index contributed by atoms with van der Waals surface area (Å²) in [5.41, 5.74) is -1.18. The van der Waals surface area contributed by atoms with Gasteiger partial charge in [0.05, 0.1) is 31.6 Å². The number of aliphatic hydroxyl groups excluding tert-OH is 1. The number of alkyl halides is 2. The number of fused-ring (bicyclic) bond motifs is 3. The van der Waals surface area contributed by atoms with Gasteiger partial charge in [-0.2, -0.15) is 0 Å². The largest absolute Gasteiger partial charge is 0.495 e. The Bertz CT molecular complexity index is 1220. The van der Waals surface area contributed by atoms with Crippen LogP contribution in [0, 0.1) is 11.8 Å². The molecular weight excluding hydrogens is 534 g/mol. The number of halogens is 3. The van der Waals surface area contributed by atoms with E-state index >= 15 is 0 Å². The lowest BCUT2D eigenvalue weighted by atomic mass is 9.70. The first-order valence-corrected chi connectivity index (χ1v) is 12.5. The molecule has 9 heteroatoms. The van der Waals surface area contributed by atoms with Crippen LogP contribution in [0.1, 0.15) is 22.6 Å². The highest BCUT2D eigenvalue weighted by atomic mass is 79.9. The van der Waals surface area contributed by atoms with Crippen LogP contribution in [0.4, 0.5) is 8.78 Å². The molecule has 6 nitrogen and oxygen atoms in total. The molecule has 3 aromatic rings. The molecule has 36 heavy (non-hydrogen) atoms. The Hall–Kier alpha value is -2.59. The van der Waals surface area contributed by atoms with Gasteiger partial charge in [0.15, 0.2) is 5.60 Å². The molecule has 1 saturated carbocycles. The Labute approximate surface area is 216 Å². The topological polar surface area (TPSA) is 83.8 Å². The van der Waals surface area contributed by atoms with Crippen molar-refractivity contribution in [1.82, 2.24) is 10.3 Å². The van der Waals surface area contributed by atoms with Gasteiger partial charge in [-0.3, -0.25) is 4.98 Å². The standard InChI is InChI=1S/C27H27BrF2N2O4/c1-35-21-12-32-13-22-25(21)26(34)20(11-31-14-23(29)30)19(15-33)24(16-5-3-2-4-6-16)27(26,36-22)17-7-9-18(28)10-8-17/h2-10,12-13,19-20,23-24,31,33-34H,11,14-15H2,1H3. The molecule has 0 saturated heterocycles. The highest BCUT2D eigenvalue weighted by Crippen LogP contribution is 2.71. The number of hydrogen-bond acceptors (Lipinski definition) is 6. The first-order valence-electron chi connectivity index (χ1n) is 11.7. The Balaban J connectivity index is 1.81. The number of pyridine rings is 1. The van der Waals surface area contributed by atoms with Crippen LogP contribution in [0.5, 0.6) is 11.5 Å². The molecule has 190 valence electrons. The van der Waals surface area contributed by atoms with Crippen molar-refractivity contribution in [1.29, 1.82) is 0 Å². The maximum atomic E-state index is 13.1. The molecule has 1 aliphatic heterocycles. The van der Waals surface area contributed by atoms with E-state index in [1.54, 1.807) is 0 Å². The third-order valence-corrected chi connectivity index (χ3v) is 8.07. The first kappa shape index (κ1) is 25.1. The average Bonchev–Trinajstić information content (AvgIpc) is 3.27. The van der Waals surface area contributed by atoms with Gasteiger partial charge >= 0.3 is 0 Å². The van der Waals surface area contributed by atoms with Crippen molar-refractivity contribution in [3.8, 4) is 11.5 Å². The third kappa shape index (κ3) is 3.63. The summed E-state index contributed by atoms with van der Waals surface area (Å²) >= 11 is 3.48. The summed E-state index contributed by atoms with van der Waals surface area (Å²) in [7, 11) is 1.48. The van der Waals surface area contributed by atoms with Crippen molar-refractivity contribution in [2.24, 2.45) is 11.8 Å². The van der Waals surface area contributed by atoms with Crippen molar-refractivity contribution in [2.75, 3.05) is 26.8 Å². The van der Waals surface area contributed by atoms with E-state index in [0.717, 1.165) is 10.0 Å². The van der Waals surface area contributed by atoms with Crippen LogP contribution in [0.15, 0.2) is 71.5 Å². The number of nitrogens with one attached hydrogen (secondary N) is 1. The van der Waals surface area contributed by atoms with Gasteiger partial charge in [-0.15, -0.1) is 0 Å². The van der Waals surface area contributed by atoms with Gasteiger partial charge in [-0.05, 0) is 23.3 Å². The molecule has 5 unspecified atom stereocenters. The second-order valence-corrected chi connectivity index (χ2v) is 10.1. The molecule has 5 atom stereocenters. The summed E-state index contributed by atoms with van der Waals surface area (Å²) in [4.78, 5) is 4.24. The molecule has 2 aliphatic rings. The van der Waals surface area contributed by atoms with Gasteiger partial charge in [0.25, 0.3) is 6.43 Å². The molecule has 5 rings (SSSR count). The van der Waals surface area contributed by atoms with E-state index in [-0.39, 0.29) is 13.2 Å². The van der Waals surface area contributed by atoms with Crippen molar-refractivity contribution in [2.45, 2.75) is 23.5 Å². The summed E-state index contributed by atoms with van der Waals surface area (Å²) in [5, 5.41) is 26.5. The normalized spacial score (nSPS) is 28.6. The minimum Gasteiger partial charge on any atom is -0.495 e. The number of methoxy groups -OCH3 is 1. The minimum atomic E-state index is -2.55. The molecule has 0 amide bonds. The van der Waals surface area contributed by atoms with Crippen molar-refractivity contribution < 1.29 is 28.5 Å². The third-order valence-electron chi connectivity index (χ3n) is 7.54. The number of rotatable bonds is 8. The van der Waals surface area contributed by atoms with E-state index < -0.39 is 41.9 Å². The van der Waals surface area contributed by atoms with Crippen LogP contribution in [-0.2, 0) is 11.2 Å². The second-order valence-electron chi connectivity index (χ2n) is 9.22. The van der Waals surface area contributed by atoms with Crippen LogP contribution in [-0.4, -0.2) is 48.4 Å². The zero-order chi connectivity index (χ0) is 25.5. The lowest BCUT2D eigenvalue weighted by Crippen LogP contribution is -2.52. The number of nitrogens with zero attached hydrogens (tertiary/aromatic N) is 1. The molecule has 2 aromatic carbocycles. The average molecular weight is 561 g/mol. The first-order chi connectivity index (χ1) is 17.4. The smallest absolute Gasteiger partial charge is 0.250 e. The Morgan fingerprint density at radius 3 is 2.50 bits per heavy atom. The van der Waals surface area contributed by atoms with E-state index in [9.17, 15) is 19.0 Å². The van der Waals surface area contributed by atoms with E-state index in [4.69, 9.17) is 9.47 Å². The number of aliphatic hydroxyl groups is 2. The highest BCUT2D eigenvalue weighted by molar-refractivity contribution is 9.10. The van der Waals surface area contributed by atoms with Crippen LogP contribution in [0.3, 0.4) is 0 Å². The lowest BCUT2D eigenvalue weighted by Gasteiger charge is -2.42. The number of benzene rings is 2. The highest BCUT2D eigenvalue weighted by Gasteiger charge is 2.76. The maximum Gasteiger partial charge on any atom is 0.250 e. The summed E-state index contributed by atoms with van der Waals surface area (Å²) in [5.74, 6) is -1.07. The van der Waals surface area contributed by atoms with Gasteiger partial charge in [-0.1, -0.05) is 58.4 Å². The van der Waals surface area contributed by atoms with Crippen LogP contribution < -0.4 is 14.8 Å². The minimum absolute atomic E-state index is 0.0297. The van der Waals surface area contributed by atoms with Crippen LogP contribution in [0.2, 0.25) is 0 Å². The molecule has 2 heterocycles. The molecule has 0 spiro atoms. The fourth-order valence-corrected chi connectivity index (χ4v) is 6.52. The second kappa shape index (κ2) is 9.70. The molecule has 1 aromatic heterocycles. The van der Waals surface area contributed by atoms with Gasteiger partial charge in [0.1, 0.15) is 17.1 Å². The van der Waals surface area contributed by atoms with Crippen LogP contribution >= 0.6 is 15.9 Å². The van der Waals surface area contributed by atoms with E-state index in [1.807, 2.05) is 54.6 Å². The molecule has 0 radical (unpaired) electrons. The SMILES string of the molecule is COc1cncc2c1C1(O)C(CNCC(F)F)C(CO)C(c3ccccc3)C1(c1ccc(Br)cc1)O2. The van der Waals surface area contributed by atoms with Gasteiger partial charge in [0.2, 0.25) is 0 Å². The van der Waals surface area contributed by atoms with Gasteiger partial charge in [-0.25, -0.2) is 8.78 Å². The summed E-state index contributed by atoms with van der Waals surface area (Å²) < 4.78 is 39.4. The summed E-state index contributed by atoms with van der Waals surface area (Å²) in [6, 6.07) is 17.0. The number of ether oxygens (including phenoxy) is 2. The number of aromatic nitrogens is 1. The monoisotopic (exact) mass is 560 g/mol. The molecule has 1 aliphatic carbocycles. The van der Waals surface area contributed by atoms with Crippen molar-refractivity contribution in [3.63, 3.8) is 0 Å². The quantitative estimate of drug-likeness (QED) is 0.383. The van der Waals surface area contributed by atoms with E-state index in [1.165, 1.54) is 19.5 Å². The summed E-state index contributed by atoms with van der Waals surface area (Å²) in [6.45, 7) is -0.789. The Morgan fingerprint density at radius 2 is 1.86 bits per heavy atom. The summed E-state index contributed by atoms with van der Waals surface area (Å²) in [6.07, 6.45) is 0.486. The Kier molecular flexibility index (Phi) is 6.76. The maximum absolute atomic E-state index is 13.1. The zero-order valence-corrected chi connectivity index (χ0v) is 21.2. The van der Waals surface area contributed by atoms with Crippen LogP contribution in [0.25, 0.3) is 0 Å². The fraction of sp³-hybridized carbons (Fsp3) is 0.370. The molecule has 3 N–H and O–H groups in total. The fourth-order valence-electron chi connectivity index (χ4n) is 6.25. The zero-order valence-electron chi connectivity index (χ0n) is 19.6. The molecule has 1 fully saturated rings. The lowest BCUT2D eigenvalue weighted by molar-refractivity contribution is -0.128.